The van der Waals surface area contributed by atoms with E-state index in [1.165, 1.54) is 11.1 Å². The molecule has 0 aromatic heterocycles. The molecule has 2 aliphatic rings. The van der Waals surface area contributed by atoms with E-state index in [0.717, 1.165) is 30.1 Å². The highest BCUT2D eigenvalue weighted by Crippen LogP contribution is 2.35. The SMILES string of the molecule is Cc1ccccc1[C@H](C/C(=N/O)C1CCC(=O)N(C)C1)c1ccc(N2CCC(C(=O)O)CC2)cc1. The molecule has 2 heterocycles. The number of amides is 1. The fourth-order valence-electron chi connectivity index (χ4n) is 5.47. The summed E-state index contributed by atoms with van der Waals surface area (Å²) in [5, 5.41) is 23.0. The van der Waals surface area contributed by atoms with E-state index in [1.54, 1.807) is 11.9 Å². The van der Waals surface area contributed by atoms with Crippen molar-refractivity contribution in [1.29, 1.82) is 0 Å². The summed E-state index contributed by atoms with van der Waals surface area (Å²) in [6.45, 7) is 4.16. The van der Waals surface area contributed by atoms with E-state index >= 15 is 0 Å². The third-order valence-electron chi connectivity index (χ3n) is 7.71. The lowest BCUT2D eigenvalue weighted by molar-refractivity contribution is -0.142. The van der Waals surface area contributed by atoms with Gasteiger partial charge in [-0.25, -0.2) is 0 Å². The summed E-state index contributed by atoms with van der Waals surface area (Å²) in [7, 11) is 1.81. The van der Waals surface area contributed by atoms with Crippen LogP contribution < -0.4 is 4.90 Å². The van der Waals surface area contributed by atoms with Crippen molar-refractivity contribution in [1.82, 2.24) is 4.90 Å². The number of carbonyl (C=O) groups excluding carboxylic acids is 1. The number of nitrogens with zero attached hydrogens (tertiary/aromatic N) is 3. The zero-order valence-corrected chi connectivity index (χ0v) is 20.6. The second kappa shape index (κ2) is 10.9. The maximum atomic E-state index is 12.0. The molecule has 2 saturated heterocycles. The van der Waals surface area contributed by atoms with Gasteiger partial charge in [-0.05, 0) is 55.0 Å². The van der Waals surface area contributed by atoms with Gasteiger partial charge in [-0.15, -0.1) is 0 Å². The topological polar surface area (TPSA) is 93.4 Å². The van der Waals surface area contributed by atoms with Gasteiger partial charge < -0.3 is 20.1 Å². The maximum Gasteiger partial charge on any atom is 0.306 e. The molecular weight excluding hydrogens is 442 g/mol. The number of oxime groups is 1. The first-order valence-corrected chi connectivity index (χ1v) is 12.5. The quantitative estimate of drug-likeness (QED) is 0.348. The molecule has 7 heteroatoms. The summed E-state index contributed by atoms with van der Waals surface area (Å²) < 4.78 is 0. The van der Waals surface area contributed by atoms with Crippen molar-refractivity contribution < 1.29 is 19.9 Å². The van der Waals surface area contributed by atoms with Gasteiger partial charge in [-0.3, -0.25) is 9.59 Å². The molecule has 2 N–H and O–H groups in total. The van der Waals surface area contributed by atoms with Crippen LogP contribution in [0, 0.1) is 18.8 Å². The first-order valence-electron chi connectivity index (χ1n) is 12.5. The number of aliphatic carboxylic acids is 1. The van der Waals surface area contributed by atoms with Crippen LogP contribution in [0.5, 0.6) is 0 Å². The summed E-state index contributed by atoms with van der Waals surface area (Å²) in [4.78, 5) is 27.2. The lowest BCUT2D eigenvalue weighted by Gasteiger charge is -2.33. The highest BCUT2D eigenvalue weighted by atomic mass is 16.4. The molecule has 2 atom stereocenters. The summed E-state index contributed by atoms with van der Waals surface area (Å²) >= 11 is 0. The number of likely N-dealkylation sites (tertiary alicyclic amines) is 1. The molecular formula is C28H35N3O4. The van der Waals surface area contributed by atoms with E-state index in [0.29, 0.717) is 38.6 Å². The lowest BCUT2D eigenvalue weighted by atomic mass is 9.80. The van der Waals surface area contributed by atoms with Gasteiger partial charge in [0.2, 0.25) is 5.91 Å². The Kier molecular flexibility index (Phi) is 7.73. The van der Waals surface area contributed by atoms with Crippen molar-refractivity contribution >= 4 is 23.3 Å². The highest BCUT2D eigenvalue weighted by Gasteiger charge is 2.30. The number of carbonyl (C=O) groups is 2. The molecule has 4 rings (SSSR count). The molecule has 0 radical (unpaired) electrons. The van der Waals surface area contributed by atoms with Gasteiger partial charge in [0, 0.05) is 57.0 Å². The van der Waals surface area contributed by atoms with Crippen molar-refractivity contribution in [2.24, 2.45) is 17.0 Å². The van der Waals surface area contributed by atoms with Crippen molar-refractivity contribution in [3.05, 3.63) is 65.2 Å². The number of carboxylic acids is 1. The standard InChI is InChI=1S/C28H35N3O4/c1-19-5-3-4-6-24(19)25(17-26(29-35)22-9-12-27(32)30(2)18-22)20-7-10-23(11-8-20)31-15-13-21(14-16-31)28(33)34/h3-8,10-11,21-22,25,35H,9,12-18H2,1-2H3,(H,33,34)/b29-26-/t22?,25-/m1/s1. The highest BCUT2D eigenvalue weighted by molar-refractivity contribution is 5.90. The molecule has 7 nitrogen and oxygen atoms in total. The zero-order chi connectivity index (χ0) is 24.9. The molecule has 0 aliphatic carbocycles. The van der Waals surface area contributed by atoms with Crippen LogP contribution in [0.4, 0.5) is 5.69 Å². The summed E-state index contributed by atoms with van der Waals surface area (Å²) in [6.07, 6.45) is 3.09. The Morgan fingerprint density at radius 1 is 1.06 bits per heavy atom. The Balaban J connectivity index is 1.56. The van der Waals surface area contributed by atoms with Crippen LogP contribution >= 0.6 is 0 Å². The van der Waals surface area contributed by atoms with Gasteiger partial charge in [0.25, 0.3) is 0 Å². The van der Waals surface area contributed by atoms with Crippen molar-refractivity contribution in [3.8, 4) is 0 Å². The lowest BCUT2D eigenvalue weighted by Crippen LogP contribution is -2.40. The van der Waals surface area contributed by atoms with Crippen molar-refractivity contribution in [2.75, 3.05) is 31.6 Å². The third kappa shape index (κ3) is 5.66. The second-order valence-electron chi connectivity index (χ2n) is 9.91. The number of hydrogen-bond donors (Lipinski definition) is 2. The fraction of sp³-hybridized carbons (Fsp3) is 0.464. The first-order chi connectivity index (χ1) is 16.9. The predicted octanol–water partition coefficient (Wildman–Crippen LogP) is 4.52. The minimum Gasteiger partial charge on any atom is -0.481 e. The average Bonchev–Trinajstić information content (AvgIpc) is 2.87. The Labute approximate surface area is 207 Å². The maximum absolute atomic E-state index is 12.0. The predicted molar refractivity (Wildman–Crippen MR) is 136 cm³/mol. The summed E-state index contributed by atoms with van der Waals surface area (Å²) in [5.41, 5.74) is 5.36. The van der Waals surface area contributed by atoms with Crippen LogP contribution in [-0.2, 0) is 9.59 Å². The molecule has 0 saturated carbocycles. The molecule has 2 fully saturated rings. The van der Waals surface area contributed by atoms with Crippen LogP contribution in [0.15, 0.2) is 53.7 Å². The Bertz CT molecular complexity index is 1070. The van der Waals surface area contributed by atoms with Gasteiger partial charge in [-0.1, -0.05) is 41.6 Å². The summed E-state index contributed by atoms with van der Waals surface area (Å²) in [5.74, 6) is -0.741. The smallest absolute Gasteiger partial charge is 0.306 e. The number of anilines is 1. The molecule has 1 unspecified atom stereocenters. The number of aryl methyl sites for hydroxylation is 1. The summed E-state index contributed by atoms with van der Waals surface area (Å²) in [6, 6.07) is 16.8. The van der Waals surface area contributed by atoms with E-state index < -0.39 is 5.97 Å². The van der Waals surface area contributed by atoms with Crippen LogP contribution in [0.3, 0.4) is 0 Å². The number of benzene rings is 2. The Morgan fingerprint density at radius 3 is 2.34 bits per heavy atom. The zero-order valence-electron chi connectivity index (χ0n) is 20.6. The number of rotatable bonds is 7. The average molecular weight is 478 g/mol. The minimum absolute atomic E-state index is 0.0248. The molecule has 186 valence electrons. The van der Waals surface area contributed by atoms with Crippen molar-refractivity contribution in [3.63, 3.8) is 0 Å². The second-order valence-corrected chi connectivity index (χ2v) is 9.91. The largest absolute Gasteiger partial charge is 0.481 e. The molecule has 2 aromatic carbocycles. The Hall–Kier alpha value is -3.35. The molecule has 2 aliphatic heterocycles. The van der Waals surface area contributed by atoms with E-state index in [4.69, 9.17) is 0 Å². The van der Waals surface area contributed by atoms with Gasteiger partial charge in [0.05, 0.1) is 11.6 Å². The molecule has 0 bridgehead atoms. The monoisotopic (exact) mass is 477 g/mol. The van der Waals surface area contributed by atoms with Gasteiger partial charge in [-0.2, -0.15) is 0 Å². The van der Waals surface area contributed by atoms with E-state index in [9.17, 15) is 19.9 Å². The van der Waals surface area contributed by atoms with Crippen LogP contribution in [0.1, 0.15) is 54.7 Å². The molecule has 0 spiro atoms. The van der Waals surface area contributed by atoms with Crippen molar-refractivity contribution in [2.45, 2.75) is 44.9 Å². The molecule has 35 heavy (non-hydrogen) atoms. The van der Waals surface area contributed by atoms with Crippen LogP contribution in [0.2, 0.25) is 0 Å². The van der Waals surface area contributed by atoms with E-state index in [2.05, 4.69) is 53.4 Å². The van der Waals surface area contributed by atoms with E-state index in [-0.39, 0.29) is 23.7 Å². The van der Waals surface area contributed by atoms with Gasteiger partial charge in [0.1, 0.15) is 0 Å². The van der Waals surface area contributed by atoms with Gasteiger partial charge in [0.15, 0.2) is 0 Å². The van der Waals surface area contributed by atoms with Crippen LogP contribution in [-0.4, -0.2) is 59.5 Å². The van der Waals surface area contributed by atoms with Gasteiger partial charge >= 0.3 is 5.97 Å². The Morgan fingerprint density at radius 2 is 1.74 bits per heavy atom. The molecule has 2 aromatic rings. The fourth-order valence-corrected chi connectivity index (χ4v) is 5.47. The third-order valence-corrected chi connectivity index (χ3v) is 7.71. The number of hydrogen-bond acceptors (Lipinski definition) is 5. The van der Waals surface area contributed by atoms with E-state index in [1.807, 2.05) is 12.1 Å². The number of carboxylic acid groups (broad SMARTS) is 1. The van der Waals surface area contributed by atoms with Crippen LogP contribution in [0.25, 0.3) is 0 Å². The number of piperidine rings is 2. The normalized spacial score (nSPS) is 20.7. The molecule has 1 amide bonds. The minimum atomic E-state index is -0.698. The first kappa shape index (κ1) is 24.8.